The van der Waals surface area contributed by atoms with Crippen LogP contribution in [-0.4, -0.2) is 50.1 Å². The number of aliphatic hydroxyl groups excluding tert-OH is 1. The molecular formula is C22H23ClF2N4O2. The summed E-state index contributed by atoms with van der Waals surface area (Å²) in [5.41, 5.74) is 2.03. The number of fused-ring (bicyclic) bond motifs is 1. The van der Waals surface area contributed by atoms with Crippen molar-refractivity contribution in [2.75, 3.05) is 13.1 Å². The highest BCUT2D eigenvalue weighted by atomic mass is 35.5. The molecule has 4 rings (SSSR count). The smallest absolute Gasteiger partial charge is 0.280 e. The van der Waals surface area contributed by atoms with Gasteiger partial charge in [-0.1, -0.05) is 17.7 Å². The molecule has 1 aliphatic rings. The lowest BCUT2D eigenvalue weighted by molar-refractivity contribution is -0.164. The summed E-state index contributed by atoms with van der Waals surface area (Å²) in [7, 11) is 0. The number of amides is 1. The van der Waals surface area contributed by atoms with Crippen LogP contribution in [-0.2, 0) is 11.2 Å². The molecule has 1 aromatic carbocycles. The number of aryl methyl sites for hydroxylation is 1. The Kier molecular flexibility index (Phi) is 5.94. The Morgan fingerprint density at radius 2 is 2.06 bits per heavy atom. The van der Waals surface area contributed by atoms with Crippen LogP contribution in [0, 0.1) is 12.8 Å². The first-order valence-electron chi connectivity index (χ1n) is 10.1. The first kappa shape index (κ1) is 21.6. The maximum absolute atomic E-state index is 15.2. The van der Waals surface area contributed by atoms with Gasteiger partial charge in [0.15, 0.2) is 0 Å². The number of piperidine rings is 1. The minimum Gasteiger partial charge on any atom is -0.382 e. The normalized spacial score (nSPS) is 16.6. The SMILES string of the molecule is Cc1ccc(CC(=O)N2CCC(C(F)(F)C(O)c3cc(Cl)cc4cn[nH]c34)CC2)cn1. The monoisotopic (exact) mass is 448 g/mol. The zero-order chi connectivity index (χ0) is 22.2. The molecule has 3 heterocycles. The molecule has 6 nitrogen and oxygen atoms in total. The standard InChI is InChI=1S/C22H23ClF2N4O2/c1-13-2-3-14(11-26-13)8-19(30)29-6-4-16(5-7-29)22(24,25)21(31)18-10-17(23)9-15-12-27-28-20(15)18/h2-3,9-12,16,21,31H,4-8H2,1H3,(H,27,28). The van der Waals surface area contributed by atoms with Crippen molar-refractivity contribution in [1.82, 2.24) is 20.1 Å². The van der Waals surface area contributed by atoms with Gasteiger partial charge >= 0.3 is 0 Å². The maximum Gasteiger partial charge on any atom is 0.280 e. The van der Waals surface area contributed by atoms with Gasteiger partial charge in [0.25, 0.3) is 5.92 Å². The molecule has 31 heavy (non-hydrogen) atoms. The van der Waals surface area contributed by atoms with Gasteiger partial charge in [-0.25, -0.2) is 8.78 Å². The predicted octanol–water partition coefficient (Wildman–Crippen LogP) is 4.07. The Morgan fingerprint density at radius 3 is 2.74 bits per heavy atom. The van der Waals surface area contributed by atoms with Crippen LogP contribution in [0.25, 0.3) is 10.9 Å². The van der Waals surface area contributed by atoms with Gasteiger partial charge in [0.1, 0.15) is 6.10 Å². The number of hydrogen-bond acceptors (Lipinski definition) is 4. The Hall–Kier alpha value is -2.58. The highest BCUT2D eigenvalue weighted by Gasteiger charge is 2.48. The number of aromatic amines is 1. The van der Waals surface area contributed by atoms with E-state index < -0.39 is 17.9 Å². The van der Waals surface area contributed by atoms with E-state index in [1.807, 2.05) is 19.1 Å². The number of nitrogens with one attached hydrogen (secondary N) is 1. The summed E-state index contributed by atoms with van der Waals surface area (Å²) in [6, 6.07) is 6.62. The zero-order valence-corrected chi connectivity index (χ0v) is 17.7. The van der Waals surface area contributed by atoms with Crippen LogP contribution < -0.4 is 0 Å². The Bertz CT molecular complexity index is 1080. The maximum atomic E-state index is 15.2. The predicted molar refractivity (Wildman–Crippen MR) is 113 cm³/mol. The molecule has 0 aliphatic carbocycles. The number of alkyl halides is 2. The summed E-state index contributed by atoms with van der Waals surface area (Å²) in [5.74, 6) is -4.54. The number of carbonyl (C=O) groups excluding carboxylic acids is 1. The summed E-state index contributed by atoms with van der Waals surface area (Å²) in [6.07, 6.45) is 1.51. The molecule has 0 saturated carbocycles. The summed E-state index contributed by atoms with van der Waals surface area (Å²) >= 11 is 6.04. The lowest BCUT2D eigenvalue weighted by Gasteiger charge is -2.38. The minimum absolute atomic E-state index is 0.0235. The molecule has 1 atom stereocenters. The lowest BCUT2D eigenvalue weighted by Crippen LogP contribution is -2.45. The van der Waals surface area contributed by atoms with Crippen molar-refractivity contribution in [3.8, 4) is 0 Å². The third kappa shape index (κ3) is 4.41. The van der Waals surface area contributed by atoms with Gasteiger partial charge in [-0.05, 0) is 43.5 Å². The number of aromatic nitrogens is 3. The van der Waals surface area contributed by atoms with Crippen molar-refractivity contribution in [3.63, 3.8) is 0 Å². The molecule has 1 saturated heterocycles. The number of benzene rings is 1. The van der Waals surface area contributed by atoms with Crippen LogP contribution >= 0.6 is 11.6 Å². The topological polar surface area (TPSA) is 82.1 Å². The summed E-state index contributed by atoms with van der Waals surface area (Å²) < 4.78 is 30.5. The highest BCUT2D eigenvalue weighted by molar-refractivity contribution is 6.31. The first-order valence-corrected chi connectivity index (χ1v) is 10.5. The highest BCUT2D eigenvalue weighted by Crippen LogP contribution is 2.44. The molecule has 1 amide bonds. The number of pyridine rings is 1. The fourth-order valence-electron chi connectivity index (χ4n) is 4.10. The lowest BCUT2D eigenvalue weighted by atomic mass is 9.84. The third-order valence-electron chi connectivity index (χ3n) is 5.92. The van der Waals surface area contributed by atoms with Crippen molar-refractivity contribution in [2.24, 2.45) is 5.92 Å². The Labute approximate surface area is 183 Å². The van der Waals surface area contributed by atoms with E-state index in [4.69, 9.17) is 11.6 Å². The number of nitrogens with zero attached hydrogens (tertiary/aromatic N) is 3. The molecule has 0 spiro atoms. The number of aliphatic hydroxyl groups is 1. The molecule has 0 bridgehead atoms. The summed E-state index contributed by atoms with van der Waals surface area (Å²) in [4.78, 5) is 18.3. The van der Waals surface area contributed by atoms with Crippen LogP contribution in [0.1, 0.15) is 35.8 Å². The van der Waals surface area contributed by atoms with Gasteiger partial charge in [0.05, 0.1) is 18.1 Å². The van der Waals surface area contributed by atoms with Crippen molar-refractivity contribution in [1.29, 1.82) is 0 Å². The van der Waals surface area contributed by atoms with Crippen LogP contribution in [0.15, 0.2) is 36.7 Å². The number of H-pyrrole nitrogens is 1. The molecule has 1 aliphatic heterocycles. The van der Waals surface area contributed by atoms with E-state index >= 15 is 8.78 Å². The molecule has 2 aromatic heterocycles. The molecule has 3 aromatic rings. The second-order valence-electron chi connectivity index (χ2n) is 8.05. The van der Waals surface area contributed by atoms with Gasteiger partial charge in [0.2, 0.25) is 5.91 Å². The van der Waals surface area contributed by atoms with E-state index in [0.29, 0.717) is 10.9 Å². The largest absolute Gasteiger partial charge is 0.382 e. The van der Waals surface area contributed by atoms with Gasteiger partial charge in [-0.2, -0.15) is 5.10 Å². The molecule has 0 radical (unpaired) electrons. The molecular weight excluding hydrogens is 426 g/mol. The Balaban J connectivity index is 1.42. The zero-order valence-electron chi connectivity index (χ0n) is 17.0. The third-order valence-corrected chi connectivity index (χ3v) is 6.14. The van der Waals surface area contributed by atoms with Crippen LogP contribution in [0.2, 0.25) is 5.02 Å². The molecule has 2 N–H and O–H groups in total. The number of hydrogen-bond donors (Lipinski definition) is 2. The van der Waals surface area contributed by atoms with E-state index in [1.165, 1.54) is 12.3 Å². The first-order chi connectivity index (χ1) is 14.8. The van der Waals surface area contributed by atoms with Crippen molar-refractivity contribution in [3.05, 3.63) is 58.5 Å². The molecule has 164 valence electrons. The minimum atomic E-state index is -3.38. The van der Waals surface area contributed by atoms with E-state index in [9.17, 15) is 9.90 Å². The van der Waals surface area contributed by atoms with Gasteiger partial charge in [-0.3, -0.25) is 14.9 Å². The van der Waals surface area contributed by atoms with E-state index in [-0.39, 0.29) is 48.8 Å². The van der Waals surface area contributed by atoms with Gasteiger partial charge < -0.3 is 10.0 Å². The summed E-state index contributed by atoms with van der Waals surface area (Å²) in [6.45, 7) is 2.31. The van der Waals surface area contributed by atoms with E-state index in [1.54, 1.807) is 17.2 Å². The molecule has 1 unspecified atom stereocenters. The van der Waals surface area contributed by atoms with Crippen LogP contribution in [0.4, 0.5) is 8.78 Å². The van der Waals surface area contributed by atoms with Crippen LogP contribution in [0.5, 0.6) is 0 Å². The number of rotatable bonds is 5. The quantitative estimate of drug-likeness (QED) is 0.616. The van der Waals surface area contributed by atoms with E-state index in [2.05, 4.69) is 15.2 Å². The molecule has 1 fully saturated rings. The Morgan fingerprint density at radius 1 is 1.32 bits per heavy atom. The second-order valence-corrected chi connectivity index (χ2v) is 8.48. The average molecular weight is 449 g/mol. The van der Waals surface area contributed by atoms with Crippen molar-refractivity contribution in [2.45, 2.75) is 38.2 Å². The van der Waals surface area contributed by atoms with Crippen molar-refractivity contribution >= 4 is 28.4 Å². The molecule has 9 heteroatoms. The van der Waals surface area contributed by atoms with Gasteiger partial charge in [0, 0.05) is 46.9 Å². The summed E-state index contributed by atoms with van der Waals surface area (Å²) in [5, 5.41) is 17.9. The fourth-order valence-corrected chi connectivity index (χ4v) is 4.33. The average Bonchev–Trinajstić information content (AvgIpc) is 3.22. The van der Waals surface area contributed by atoms with Gasteiger partial charge in [-0.15, -0.1) is 0 Å². The number of halogens is 3. The van der Waals surface area contributed by atoms with Crippen molar-refractivity contribution < 1.29 is 18.7 Å². The fraction of sp³-hybridized carbons (Fsp3) is 0.409. The number of likely N-dealkylation sites (tertiary alicyclic amines) is 1. The van der Waals surface area contributed by atoms with Crippen LogP contribution in [0.3, 0.4) is 0 Å². The van der Waals surface area contributed by atoms with E-state index in [0.717, 1.165) is 11.3 Å². The second kappa shape index (κ2) is 8.51. The number of carbonyl (C=O) groups is 1.